The number of alkyl halides is 3. The first-order valence-electron chi connectivity index (χ1n) is 5.31. The molecule has 0 fully saturated rings. The van der Waals surface area contributed by atoms with Gasteiger partial charge in [0.1, 0.15) is 10.2 Å². The van der Waals surface area contributed by atoms with Crippen LogP contribution in [0.3, 0.4) is 0 Å². The molecule has 1 aromatic carbocycles. The number of hydrogen-bond donors (Lipinski definition) is 1. The van der Waals surface area contributed by atoms with Crippen LogP contribution >= 0.6 is 38.9 Å². The normalized spacial score (nSPS) is 11.7. The minimum Gasteiger partial charge on any atom is -0.378 e. The first kappa shape index (κ1) is 15.6. The lowest BCUT2D eigenvalue weighted by Gasteiger charge is -2.11. The predicted octanol–water partition coefficient (Wildman–Crippen LogP) is 5.93. The van der Waals surface area contributed by atoms with Crippen molar-refractivity contribution in [3.63, 3.8) is 0 Å². The van der Waals surface area contributed by atoms with Gasteiger partial charge in [-0.1, -0.05) is 11.6 Å². The van der Waals surface area contributed by atoms with Gasteiger partial charge in [-0.25, -0.2) is 4.39 Å². The van der Waals surface area contributed by atoms with Gasteiger partial charge >= 0.3 is 6.18 Å². The molecule has 2 aromatic rings. The van der Waals surface area contributed by atoms with Crippen molar-refractivity contribution >= 4 is 44.6 Å². The number of halogens is 6. The van der Waals surface area contributed by atoms with Crippen LogP contribution in [0.25, 0.3) is 0 Å². The molecule has 0 aliphatic heterocycles. The molecule has 0 radical (unpaired) electrons. The molecule has 1 nitrogen and oxygen atoms in total. The molecule has 108 valence electrons. The number of anilines is 1. The summed E-state index contributed by atoms with van der Waals surface area (Å²) in [5, 5.41) is 2.64. The van der Waals surface area contributed by atoms with Crippen molar-refractivity contribution in [1.82, 2.24) is 0 Å². The summed E-state index contributed by atoms with van der Waals surface area (Å²) in [5.74, 6) is -0.736. The zero-order valence-corrected chi connectivity index (χ0v) is 12.9. The van der Waals surface area contributed by atoms with E-state index in [0.717, 1.165) is 17.0 Å². The summed E-state index contributed by atoms with van der Waals surface area (Å²) in [5.41, 5.74) is -1.09. The maximum absolute atomic E-state index is 13.5. The van der Waals surface area contributed by atoms with Gasteiger partial charge in [-0.15, -0.1) is 11.3 Å². The van der Waals surface area contributed by atoms with Crippen LogP contribution in [0.15, 0.2) is 28.7 Å². The Morgan fingerprint density at radius 3 is 2.50 bits per heavy atom. The lowest BCUT2D eigenvalue weighted by atomic mass is 10.2. The van der Waals surface area contributed by atoms with Crippen molar-refractivity contribution in [3.05, 3.63) is 49.3 Å². The third kappa shape index (κ3) is 3.65. The van der Waals surface area contributed by atoms with Crippen LogP contribution < -0.4 is 5.32 Å². The van der Waals surface area contributed by atoms with Crippen molar-refractivity contribution in [2.75, 3.05) is 5.32 Å². The Labute approximate surface area is 129 Å². The molecular weight excluding hydrogens is 382 g/mol. The van der Waals surface area contributed by atoms with E-state index < -0.39 is 17.6 Å². The van der Waals surface area contributed by atoms with E-state index in [1.807, 2.05) is 0 Å². The average Bonchev–Trinajstić information content (AvgIpc) is 2.66. The maximum atomic E-state index is 13.5. The molecule has 8 heteroatoms. The molecule has 0 saturated heterocycles. The van der Waals surface area contributed by atoms with E-state index in [0.29, 0.717) is 14.9 Å². The summed E-state index contributed by atoms with van der Waals surface area (Å²) in [4.78, 5) is 0.777. The summed E-state index contributed by atoms with van der Waals surface area (Å²) in [6.45, 7) is 0.189. The molecule has 20 heavy (non-hydrogen) atoms. The van der Waals surface area contributed by atoms with Gasteiger partial charge in [-0.3, -0.25) is 0 Å². The molecule has 2 rings (SSSR count). The van der Waals surface area contributed by atoms with Gasteiger partial charge in [0, 0.05) is 15.9 Å². The van der Waals surface area contributed by atoms with E-state index in [-0.39, 0.29) is 12.2 Å². The average molecular weight is 389 g/mol. The summed E-state index contributed by atoms with van der Waals surface area (Å²) in [7, 11) is 0. The molecule has 1 heterocycles. The molecule has 0 bridgehead atoms. The highest BCUT2D eigenvalue weighted by Gasteiger charge is 2.31. The Kier molecular flexibility index (Phi) is 4.61. The lowest BCUT2D eigenvalue weighted by molar-refractivity contribution is -0.137. The van der Waals surface area contributed by atoms with Gasteiger partial charge in [0.25, 0.3) is 0 Å². The monoisotopic (exact) mass is 387 g/mol. The summed E-state index contributed by atoms with van der Waals surface area (Å²) < 4.78 is 52.4. The van der Waals surface area contributed by atoms with E-state index in [9.17, 15) is 17.6 Å². The molecule has 0 aliphatic rings. The third-order valence-electron chi connectivity index (χ3n) is 2.44. The molecule has 0 atom stereocenters. The number of nitrogens with one attached hydrogen (secondary N) is 1. The van der Waals surface area contributed by atoms with Crippen molar-refractivity contribution in [2.24, 2.45) is 0 Å². The van der Waals surface area contributed by atoms with Gasteiger partial charge in [0.05, 0.1) is 11.3 Å². The first-order chi connectivity index (χ1) is 9.27. The topological polar surface area (TPSA) is 12.0 Å². The number of benzene rings is 1. The Balaban J connectivity index is 2.16. The van der Waals surface area contributed by atoms with E-state index in [1.165, 1.54) is 11.3 Å². The fourth-order valence-corrected chi connectivity index (χ4v) is 3.23. The molecular formula is C12H7BrClF4NS. The van der Waals surface area contributed by atoms with Gasteiger partial charge in [0.2, 0.25) is 0 Å². The molecule has 0 saturated carbocycles. The smallest absolute Gasteiger partial charge is 0.378 e. The highest BCUT2D eigenvalue weighted by atomic mass is 79.9. The molecule has 0 unspecified atom stereocenters. The fraction of sp³-hybridized carbons (Fsp3) is 0.167. The summed E-state index contributed by atoms with van der Waals surface area (Å²) >= 11 is 10.3. The summed E-state index contributed by atoms with van der Waals surface area (Å²) in [6, 6.07) is 3.98. The second-order valence-electron chi connectivity index (χ2n) is 3.88. The van der Waals surface area contributed by atoms with Gasteiger partial charge in [0.15, 0.2) is 0 Å². The molecule has 0 aliphatic carbocycles. The highest BCUT2D eigenvalue weighted by Crippen LogP contribution is 2.34. The van der Waals surface area contributed by atoms with Crippen molar-refractivity contribution in [3.8, 4) is 0 Å². The van der Waals surface area contributed by atoms with Crippen LogP contribution in [-0.4, -0.2) is 0 Å². The van der Waals surface area contributed by atoms with Crippen LogP contribution in [0.4, 0.5) is 23.2 Å². The van der Waals surface area contributed by atoms with Crippen LogP contribution in [0.5, 0.6) is 0 Å². The molecule has 0 spiro atoms. The van der Waals surface area contributed by atoms with Crippen molar-refractivity contribution < 1.29 is 17.6 Å². The first-order valence-corrected chi connectivity index (χ1v) is 7.30. The van der Waals surface area contributed by atoms with Gasteiger partial charge < -0.3 is 5.32 Å². The Morgan fingerprint density at radius 2 is 1.95 bits per heavy atom. The van der Waals surface area contributed by atoms with Gasteiger partial charge in [-0.05, 0) is 40.2 Å². The zero-order chi connectivity index (χ0) is 14.9. The molecule has 1 N–H and O–H groups in total. The van der Waals surface area contributed by atoms with E-state index >= 15 is 0 Å². The molecule has 0 amide bonds. The SMILES string of the molecule is Fc1ccc(C(F)(F)F)cc1NCc1cc(Br)c(Cl)s1. The molecule has 1 aromatic heterocycles. The van der Waals surface area contributed by atoms with Crippen molar-refractivity contribution in [2.45, 2.75) is 12.7 Å². The van der Waals surface area contributed by atoms with E-state index in [4.69, 9.17) is 11.6 Å². The second kappa shape index (κ2) is 5.91. The number of rotatable bonds is 3. The predicted molar refractivity (Wildman–Crippen MR) is 75.8 cm³/mol. The van der Waals surface area contributed by atoms with Crippen LogP contribution in [-0.2, 0) is 12.7 Å². The highest BCUT2D eigenvalue weighted by molar-refractivity contribution is 9.10. The fourth-order valence-electron chi connectivity index (χ4n) is 1.50. The maximum Gasteiger partial charge on any atom is 0.416 e. The standard InChI is InChI=1S/C12H7BrClF4NS/c13-8-4-7(20-11(8)14)5-19-10-3-6(12(16,17)18)1-2-9(10)15/h1-4,19H,5H2. The third-order valence-corrected chi connectivity index (χ3v) is 4.92. The lowest BCUT2D eigenvalue weighted by Crippen LogP contribution is -2.07. The Bertz CT molecular complexity index is 607. The van der Waals surface area contributed by atoms with E-state index in [2.05, 4.69) is 21.2 Å². The minimum absolute atomic E-state index is 0.189. The largest absolute Gasteiger partial charge is 0.416 e. The minimum atomic E-state index is -4.50. The van der Waals surface area contributed by atoms with Crippen LogP contribution in [0.1, 0.15) is 10.4 Å². The second-order valence-corrected chi connectivity index (χ2v) is 6.47. The van der Waals surface area contributed by atoms with Crippen molar-refractivity contribution in [1.29, 1.82) is 0 Å². The van der Waals surface area contributed by atoms with Gasteiger partial charge in [-0.2, -0.15) is 13.2 Å². The van der Waals surface area contributed by atoms with Crippen LogP contribution in [0.2, 0.25) is 4.34 Å². The Morgan fingerprint density at radius 1 is 1.25 bits per heavy atom. The Hall–Kier alpha value is -0.790. The van der Waals surface area contributed by atoms with Crippen LogP contribution in [0, 0.1) is 5.82 Å². The quantitative estimate of drug-likeness (QED) is 0.642. The van der Waals surface area contributed by atoms with E-state index in [1.54, 1.807) is 6.07 Å². The summed E-state index contributed by atoms with van der Waals surface area (Å²) in [6.07, 6.45) is -4.50. The zero-order valence-electron chi connectivity index (χ0n) is 9.69. The number of hydrogen-bond acceptors (Lipinski definition) is 2. The number of thiophene rings is 1.